The molecule has 1 heterocycles. The Labute approximate surface area is 128 Å². The van der Waals surface area contributed by atoms with Gasteiger partial charge in [0.15, 0.2) is 11.6 Å². The van der Waals surface area contributed by atoms with Crippen molar-refractivity contribution >= 4 is 17.9 Å². The van der Waals surface area contributed by atoms with Crippen LogP contribution in [-0.4, -0.2) is 36.9 Å². The van der Waals surface area contributed by atoms with E-state index in [4.69, 9.17) is 10.5 Å². The Morgan fingerprint density at radius 2 is 2.23 bits per heavy atom. The number of likely N-dealkylation sites (tertiary alicyclic amines) is 1. The molecule has 1 aromatic carbocycles. The summed E-state index contributed by atoms with van der Waals surface area (Å²) in [5.41, 5.74) is 5.86. The van der Waals surface area contributed by atoms with Gasteiger partial charge in [0.2, 0.25) is 11.8 Å². The molecule has 2 rings (SSSR count). The van der Waals surface area contributed by atoms with Gasteiger partial charge in [0.05, 0.1) is 13.0 Å². The van der Waals surface area contributed by atoms with Crippen LogP contribution in [0.1, 0.15) is 18.4 Å². The number of hydrogen-bond acceptors (Lipinski definition) is 3. The lowest BCUT2D eigenvalue weighted by molar-refractivity contribution is -0.130. The third-order valence-electron chi connectivity index (χ3n) is 3.73. The van der Waals surface area contributed by atoms with E-state index in [0.717, 1.165) is 6.42 Å². The zero-order valence-electron chi connectivity index (χ0n) is 12.4. The van der Waals surface area contributed by atoms with Gasteiger partial charge in [0, 0.05) is 19.2 Å². The minimum atomic E-state index is -0.483. The molecule has 2 amide bonds. The molecular formula is C16H19FN2O3. The summed E-state index contributed by atoms with van der Waals surface area (Å²) in [6, 6.07) is 4.46. The monoisotopic (exact) mass is 306 g/mol. The van der Waals surface area contributed by atoms with Crippen molar-refractivity contribution in [2.75, 3.05) is 20.2 Å². The molecule has 1 aliphatic heterocycles. The van der Waals surface area contributed by atoms with Crippen molar-refractivity contribution < 1.29 is 18.7 Å². The highest BCUT2D eigenvalue weighted by molar-refractivity contribution is 5.92. The predicted octanol–water partition coefficient (Wildman–Crippen LogP) is 1.57. The van der Waals surface area contributed by atoms with E-state index in [2.05, 4.69) is 0 Å². The first-order valence-corrected chi connectivity index (χ1v) is 7.11. The molecule has 0 aromatic heterocycles. The van der Waals surface area contributed by atoms with Crippen molar-refractivity contribution in [2.24, 2.45) is 11.7 Å². The number of nitrogens with zero attached hydrogens (tertiary/aromatic N) is 1. The Kier molecular flexibility index (Phi) is 5.14. The average Bonchev–Trinajstić information content (AvgIpc) is 2.52. The molecule has 2 N–H and O–H groups in total. The van der Waals surface area contributed by atoms with Crippen LogP contribution in [-0.2, 0) is 9.59 Å². The molecule has 0 bridgehead atoms. The van der Waals surface area contributed by atoms with Crippen LogP contribution in [0.5, 0.6) is 5.75 Å². The lowest BCUT2D eigenvalue weighted by atomic mass is 9.97. The van der Waals surface area contributed by atoms with Gasteiger partial charge in [-0.25, -0.2) is 4.39 Å². The summed E-state index contributed by atoms with van der Waals surface area (Å²) >= 11 is 0. The molecule has 6 heteroatoms. The number of halogens is 1. The van der Waals surface area contributed by atoms with Crippen molar-refractivity contribution in [3.8, 4) is 5.75 Å². The van der Waals surface area contributed by atoms with Gasteiger partial charge in [0.1, 0.15) is 0 Å². The van der Waals surface area contributed by atoms with Crippen LogP contribution >= 0.6 is 0 Å². The lowest BCUT2D eigenvalue weighted by Crippen LogP contribution is -2.43. The number of carbonyl (C=O) groups excluding carboxylic acids is 2. The molecule has 0 saturated carbocycles. The number of rotatable bonds is 4. The number of hydrogen-bond donors (Lipinski definition) is 1. The van der Waals surface area contributed by atoms with Gasteiger partial charge in [-0.3, -0.25) is 9.59 Å². The summed E-state index contributed by atoms with van der Waals surface area (Å²) in [5, 5.41) is 0. The van der Waals surface area contributed by atoms with Gasteiger partial charge in [-0.05, 0) is 36.6 Å². The minimum absolute atomic E-state index is 0.156. The summed E-state index contributed by atoms with van der Waals surface area (Å²) in [7, 11) is 1.39. The van der Waals surface area contributed by atoms with Crippen LogP contribution in [0, 0.1) is 11.7 Å². The number of primary amides is 1. The number of nitrogens with two attached hydrogens (primary N) is 1. The Morgan fingerprint density at radius 1 is 1.45 bits per heavy atom. The van der Waals surface area contributed by atoms with E-state index in [1.165, 1.54) is 25.3 Å². The highest BCUT2D eigenvalue weighted by Gasteiger charge is 2.25. The number of piperidine rings is 1. The summed E-state index contributed by atoms with van der Waals surface area (Å²) in [5.74, 6) is -1.20. The van der Waals surface area contributed by atoms with E-state index in [0.29, 0.717) is 25.1 Å². The molecule has 1 saturated heterocycles. The van der Waals surface area contributed by atoms with E-state index in [9.17, 15) is 14.0 Å². The molecule has 0 aliphatic carbocycles. The third-order valence-corrected chi connectivity index (χ3v) is 3.73. The summed E-state index contributed by atoms with van der Waals surface area (Å²) in [4.78, 5) is 24.9. The summed E-state index contributed by atoms with van der Waals surface area (Å²) < 4.78 is 18.4. The Hall–Kier alpha value is -2.37. The maximum Gasteiger partial charge on any atom is 0.246 e. The van der Waals surface area contributed by atoms with Crippen molar-refractivity contribution in [2.45, 2.75) is 12.8 Å². The van der Waals surface area contributed by atoms with E-state index in [-0.39, 0.29) is 23.5 Å². The first-order valence-electron chi connectivity index (χ1n) is 7.11. The zero-order chi connectivity index (χ0) is 16.1. The molecule has 0 spiro atoms. The number of methoxy groups -OCH3 is 1. The highest BCUT2D eigenvalue weighted by Crippen LogP contribution is 2.19. The molecule has 0 radical (unpaired) electrons. The van der Waals surface area contributed by atoms with Crippen LogP contribution in [0.2, 0.25) is 0 Å². The molecule has 1 aromatic rings. The van der Waals surface area contributed by atoms with E-state index >= 15 is 0 Å². The molecule has 5 nitrogen and oxygen atoms in total. The molecule has 1 aliphatic rings. The van der Waals surface area contributed by atoms with Crippen molar-refractivity contribution in [3.05, 3.63) is 35.7 Å². The molecule has 118 valence electrons. The number of benzene rings is 1. The first-order chi connectivity index (χ1) is 10.5. The van der Waals surface area contributed by atoms with E-state index in [1.807, 2.05) is 0 Å². The van der Waals surface area contributed by atoms with Gasteiger partial charge >= 0.3 is 0 Å². The van der Waals surface area contributed by atoms with Gasteiger partial charge in [-0.2, -0.15) is 0 Å². The predicted molar refractivity (Wildman–Crippen MR) is 80.5 cm³/mol. The average molecular weight is 306 g/mol. The van der Waals surface area contributed by atoms with Crippen molar-refractivity contribution in [1.82, 2.24) is 4.90 Å². The SMILES string of the molecule is COc1ccc(C=CC(=O)N2CCCC(C(N)=O)C2)cc1F. The normalized spacial score (nSPS) is 18.5. The maximum absolute atomic E-state index is 13.6. The minimum Gasteiger partial charge on any atom is -0.494 e. The fraction of sp³-hybridized carbons (Fsp3) is 0.375. The number of amides is 2. The van der Waals surface area contributed by atoms with Crippen LogP contribution in [0.15, 0.2) is 24.3 Å². The molecule has 1 unspecified atom stereocenters. The maximum atomic E-state index is 13.6. The second kappa shape index (κ2) is 7.06. The topological polar surface area (TPSA) is 72.6 Å². The van der Waals surface area contributed by atoms with Gasteiger partial charge in [-0.1, -0.05) is 6.07 Å². The van der Waals surface area contributed by atoms with Gasteiger partial charge in [0.25, 0.3) is 0 Å². The first kappa shape index (κ1) is 16.0. The summed E-state index contributed by atoms with van der Waals surface area (Å²) in [6.45, 7) is 0.944. The molecule has 1 fully saturated rings. The number of carbonyl (C=O) groups is 2. The Bertz CT molecular complexity index is 601. The Morgan fingerprint density at radius 3 is 2.86 bits per heavy atom. The molecule has 1 atom stereocenters. The largest absolute Gasteiger partial charge is 0.494 e. The van der Waals surface area contributed by atoms with E-state index in [1.54, 1.807) is 17.0 Å². The second-order valence-corrected chi connectivity index (χ2v) is 5.25. The molecular weight excluding hydrogens is 287 g/mol. The number of ether oxygens (including phenoxy) is 1. The lowest BCUT2D eigenvalue weighted by Gasteiger charge is -2.30. The quantitative estimate of drug-likeness (QED) is 0.858. The Balaban J connectivity index is 2.01. The van der Waals surface area contributed by atoms with Crippen LogP contribution < -0.4 is 10.5 Å². The third kappa shape index (κ3) is 3.84. The van der Waals surface area contributed by atoms with E-state index < -0.39 is 5.82 Å². The highest BCUT2D eigenvalue weighted by atomic mass is 19.1. The van der Waals surface area contributed by atoms with Gasteiger partial charge < -0.3 is 15.4 Å². The standard InChI is InChI=1S/C16H19FN2O3/c1-22-14-6-4-11(9-13(14)17)5-7-15(20)19-8-2-3-12(10-19)16(18)21/h4-7,9,12H,2-3,8,10H2,1H3,(H2,18,21). The van der Waals surface area contributed by atoms with Crippen molar-refractivity contribution in [1.29, 1.82) is 0 Å². The fourth-order valence-electron chi connectivity index (χ4n) is 2.47. The van der Waals surface area contributed by atoms with Crippen LogP contribution in [0.3, 0.4) is 0 Å². The van der Waals surface area contributed by atoms with Crippen molar-refractivity contribution in [3.63, 3.8) is 0 Å². The van der Waals surface area contributed by atoms with Gasteiger partial charge in [-0.15, -0.1) is 0 Å². The van der Waals surface area contributed by atoms with Crippen LogP contribution in [0.25, 0.3) is 6.08 Å². The smallest absolute Gasteiger partial charge is 0.246 e. The second-order valence-electron chi connectivity index (χ2n) is 5.25. The zero-order valence-corrected chi connectivity index (χ0v) is 12.4. The fourth-order valence-corrected chi connectivity index (χ4v) is 2.47. The summed E-state index contributed by atoms with van der Waals surface area (Å²) in [6.07, 6.45) is 4.39. The molecule has 22 heavy (non-hydrogen) atoms. The van der Waals surface area contributed by atoms with Crippen LogP contribution in [0.4, 0.5) is 4.39 Å².